The van der Waals surface area contributed by atoms with Crippen LogP contribution in [-0.2, 0) is 6.42 Å². The second-order valence-corrected chi connectivity index (χ2v) is 5.48. The Bertz CT molecular complexity index is 605. The summed E-state index contributed by atoms with van der Waals surface area (Å²) in [4.78, 5) is 19.4. The summed E-state index contributed by atoms with van der Waals surface area (Å²) >= 11 is 1.42. The van der Waals surface area contributed by atoms with Gasteiger partial charge in [0.1, 0.15) is 4.88 Å². The molecule has 2 heterocycles. The van der Waals surface area contributed by atoms with E-state index in [0.29, 0.717) is 0 Å². The quantitative estimate of drug-likeness (QED) is 0.787. The maximum Gasteiger partial charge on any atom is 0.270 e. The predicted molar refractivity (Wildman–Crippen MR) is 73.3 cm³/mol. The largest absolute Gasteiger partial charge is 0.304 e. The zero-order valence-electron chi connectivity index (χ0n) is 10.4. The van der Waals surface area contributed by atoms with Crippen LogP contribution in [0.15, 0.2) is 29.8 Å². The van der Waals surface area contributed by atoms with Crippen molar-refractivity contribution in [3.63, 3.8) is 0 Å². The van der Waals surface area contributed by atoms with Crippen LogP contribution < -0.4 is 4.90 Å². The third-order valence-corrected chi connectivity index (χ3v) is 4.28. The molecule has 0 saturated heterocycles. The van der Waals surface area contributed by atoms with Gasteiger partial charge in [0.15, 0.2) is 0 Å². The summed E-state index contributed by atoms with van der Waals surface area (Å²) in [6.07, 6.45) is 0.930. The Hall–Kier alpha value is -1.68. The number of nitrogens with zero attached hydrogens (tertiary/aromatic N) is 2. The first-order valence-electron chi connectivity index (χ1n) is 6.00. The Balaban J connectivity index is 2.03. The summed E-state index contributed by atoms with van der Waals surface area (Å²) in [5.74, 6) is 0.0763. The van der Waals surface area contributed by atoms with Crippen LogP contribution in [0.2, 0.25) is 0 Å². The molecule has 92 valence electrons. The predicted octanol–water partition coefficient (Wildman–Crippen LogP) is 3.04. The first-order chi connectivity index (χ1) is 8.68. The summed E-state index contributed by atoms with van der Waals surface area (Å²) in [6.45, 7) is 3.98. The van der Waals surface area contributed by atoms with Gasteiger partial charge in [0, 0.05) is 11.7 Å². The van der Waals surface area contributed by atoms with Crippen molar-refractivity contribution in [2.75, 3.05) is 4.90 Å². The Morgan fingerprint density at radius 3 is 2.94 bits per heavy atom. The van der Waals surface area contributed by atoms with E-state index in [1.54, 1.807) is 5.51 Å². The van der Waals surface area contributed by atoms with Gasteiger partial charge in [-0.2, -0.15) is 0 Å². The molecular formula is C14H14N2OS. The number of aryl methyl sites for hydroxylation is 1. The Morgan fingerprint density at radius 2 is 2.22 bits per heavy atom. The topological polar surface area (TPSA) is 33.2 Å². The minimum atomic E-state index is 0.0763. The molecule has 0 N–H and O–H groups in total. The van der Waals surface area contributed by atoms with E-state index in [1.165, 1.54) is 16.9 Å². The zero-order chi connectivity index (χ0) is 12.7. The molecule has 0 fully saturated rings. The van der Waals surface area contributed by atoms with Crippen molar-refractivity contribution in [1.82, 2.24) is 4.98 Å². The van der Waals surface area contributed by atoms with Gasteiger partial charge in [-0.3, -0.25) is 4.79 Å². The van der Waals surface area contributed by atoms with Gasteiger partial charge in [0.25, 0.3) is 5.91 Å². The number of carbonyl (C=O) groups excluding carboxylic acids is 1. The standard InChI is InChI=1S/C14H14N2OS/c1-9-7-11-5-3-4-6-12(11)16(9)14(17)13-10(2)15-8-18-13/h3-6,8-9H,7H2,1-2H3/t9-/m0/s1. The number of rotatable bonds is 1. The average molecular weight is 258 g/mol. The van der Waals surface area contributed by atoms with Crippen LogP contribution in [0, 0.1) is 6.92 Å². The molecule has 0 radical (unpaired) electrons. The molecule has 1 aliphatic rings. The fourth-order valence-electron chi connectivity index (χ4n) is 2.49. The molecule has 0 spiro atoms. The number of para-hydroxylation sites is 1. The highest BCUT2D eigenvalue weighted by Crippen LogP contribution is 2.33. The van der Waals surface area contributed by atoms with E-state index >= 15 is 0 Å². The SMILES string of the molecule is Cc1ncsc1C(=O)N1c2ccccc2C[C@@H]1C. The number of anilines is 1. The lowest BCUT2D eigenvalue weighted by Crippen LogP contribution is -2.35. The van der Waals surface area contributed by atoms with Crippen molar-refractivity contribution in [3.8, 4) is 0 Å². The van der Waals surface area contributed by atoms with E-state index < -0.39 is 0 Å². The lowest BCUT2D eigenvalue weighted by molar-refractivity contribution is 0.0984. The molecule has 1 atom stereocenters. The van der Waals surface area contributed by atoms with Crippen LogP contribution in [0.3, 0.4) is 0 Å². The second kappa shape index (κ2) is 4.21. The van der Waals surface area contributed by atoms with E-state index in [1.807, 2.05) is 30.0 Å². The molecule has 1 aliphatic heterocycles. The first-order valence-corrected chi connectivity index (χ1v) is 6.88. The number of amides is 1. The van der Waals surface area contributed by atoms with Crippen molar-refractivity contribution < 1.29 is 4.79 Å². The highest BCUT2D eigenvalue weighted by molar-refractivity contribution is 7.12. The zero-order valence-corrected chi connectivity index (χ0v) is 11.2. The van der Waals surface area contributed by atoms with Crippen LogP contribution in [0.25, 0.3) is 0 Å². The third-order valence-electron chi connectivity index (χ3n) is 3.37. The van der Waals surface area contributed by atoms with Crippen molar-refractivity contribution in [1.29, 1.82) is 0 Å². The molecule has 1 aromatic carbocycles. The maximum absolute atomic E-state index is 12.6. The number of thiazole rings is 1. The number of carbonyl (C=O) groups is 1. The van der Waals surface area contributed by atoms with Gasteiger partial charge in [0.2, 0.25) is 0 Å². The summed E-state index contributed by atoms with van der Waals surface area (Å²) in [7, 11) is 0. The molecule has 0 saturated carbocycles. The molecule has 1 amide bonds. The Labute approximate surface area is 110 Å². The molecule has 18 heavy (non-hydrogen) atoms. The van der Waals surface area contributed by atoms with Crippen LogP contribution >= 0.6 is 11.3 Å². The van der Waals surface area contributed by atoms with Crippen molar-refractivity contribution >= 4 is 22.9 Å². The van der Waals surface area contributed by atoms with Crippen molar-refractivity contribution in [2.45, 2.75) is 26.3 Å². The van der Waals surface area contributed by atoms with Gasteiger partial charge in [-0.1, -0.05) is 18.2 Å². The average Bonchev–Trinajstić information content (AvgIpc) is 2.91. The monoisotopic (exact) mass is 258 g/mol. The minimum Gasteiger partial charge on any atom is -0.304 e. The normalized spacial score (nSPS) is 17.9. The molecule has 0 unspecified atom stereocenters. The molecule has 3 nitrogen and oxygen atoms in total. The van der Waals surface area contributed by atoms with Gasteiger partial charge in [-0.25, -0.2) is 4.98 Å². The number of benzene rings is 1. The summed E-state index contributed by atoms with van der Waals surface area (Å²) in [6, 6.07) is 8.34. The minimum absolute atomic E-state index is 0.0763. The number of aromatic nitrogens is 1. The van der Waals surface area contributed by atoms with E-state index in [-0.39, 0.29) is 11.9 Å². The van der Waals surface area contributed by atoms with Gasteiger partial charge in [-0.05, 0) is 31.9 Å². The lowest BCUT2D eigenvalue weighted by Gasteiger charge is -2.22. The molecular weight excluding hydrogens is 244 g/mol. The highest BCUT2D eigenvalue weighted by atomic mass is 32.1. The fraction of sp³-hybridized carbons (Fsp3) is 0.286. The van der Waals surface area contributed by atoms with E-state index in [9.17, 15) is 4.79 Å². The molecule has 1 aromatic heterocycles. The van der Waals surface area contributed by atoms with Crippen molar-refractivity contribution in [2.24, 2.45) is 0 Å². The van der Waals surface area contributed by atoms with Crippen molar-refractivity contribution in [3.05, 3.63) is 45.9 Å². The van der Waals surface area contributed by atoms with Crippen LogP contribution in [0.5, 0.6) is 0 Å². The Kier molecular flexibility index (Phi) is 2.67. The third kappa shape index (κ3) is 1.64. The molecule has 0 aliphatic carbocycles. The molecule has 3 rings (SSSR count). The van der Waals surface area contributed by atoms with Gasteiger partial charge in [-0.15, -0.1) is 11.3 Å². The smallest absolute Gasteiger partial charge is 0.270 e. The van der Waals surface area contributed by atoms with Crippen LogP contribution in [-0.4, -0.2) is 16.9 Å². The van der Waals surface area contributed by atoms with E-state index in [4.69, 9.17) is 0 Å². The molecule has 0 bridgehead atoms. The van der Waals surface area contributed by atoms with Crippen LogP contribution in [0.1, 0.15) is 27.9 Å². The highest BCUT2D eigenvalue weighted by Gasteiger charge is 2.32. The molecule has 2 aromatic rings. The van der Waals surface area contributed by atoms with Crippen LogP contribution in [0.4, 0.5) is 5.69 Å². The number of fused-ring (bicyclic) bond motifs is 1. The summed E-state index contributed by atoms with van der Waals surface area (Å²) in [5, 5.41) is 0. The summed E-state index contributed by atoms with van der Waals surface area (Å²) in [5.41, 5.74) is 4.85. The fourth-order valence-corrected chi connectivity index (χ4v) is 3.23. The lowest BCUT2D eigenvalue weighted by atomic mass is 10.1. The van der Waals surface area contributed by atoms with E-state index in [0.717, 1.165) is 22.7 Å². The van der Waals surface area contributed by atoms with E-state index in [2.05, 4.69) is 18.0 Å². The first kappa shape index (κ1) is 11.4. The maximum atomic E-state index is 12.6. The second-order valence-electron chi connectivity index (χ2n) is 4.62. The molecule has 4 heteroatoms. The number of hydrogen-bond acceptors (Lipinski definition) is 3. The van der Waals surface area contributed by atoms with Gasteiger partial charge >= 0.3 is 0 Å². The number of hydrogen-bond donors (Lipinski definition) is 0. The Morgan fingerprint density at radius 1 is 1.44 bits per heavy atom. The van der Waals surface area contributed by atoms with Gasteiger partial charge < -0.3 is 4.90 Å². The van der Waals surface area contributed by atoms with Gasteiger partial charge in [0.05, 0.1) is 11.2 Å². The summed E-state index contributed by atoms with van der Waals surface area (Å²) < 4.78 is 0.